The van der Waals surface area contributed by atoms with Crippen molar-refractivity contribution in [2.24, 2.45) is 0 Å². The van der Waals surface area contributed by atoms with Crippen molar-refractivity contribution in [3.8, 4) is 0 Å². The smallest absolute Gasteiger partial charge is 0.384 e. The molecule has 0 aromatic heterocycles. The first kappa shape index (κ1) is 15.4. The predicted octanol–water partition coefficient (Wildman–Crippen LogP) is 5.10. The lowest BCUT2D eigenvalue weighted by molar-refractivity contribution is -0.137. The van der Waals surface area contributed by atoms with Crippen molar-refractivity contribution in [3.05, 3.63) is 65.7 Å². The zero-order chi connectivity index (χ0) is 15.5. The average Bonchev–Trinajstić information content (AvgIpc) is 2.45. The lowest BCUT2D eigenvalue weighted by Crippen LogP contribution is -2.28. The zero-order valence-corrected chi connectivity index (χ0v) is 12.0. The number of rotatable bonds is 4. The molecule has 0 unspecified atom stereocenters. The summed E-state index contributed by atoms with van der Waals surface area (Å²) in [5.41, 5.74) is 0.310. The molecule has 21 heavy (non-hydrogen) atoms. The molecule has 0 fully saturated rings. The van der Waals surface area contributed by atoms with Gasteiger partial charge in [-0.15, -0.1) is 0 Å². The molecular formula is C17H18F3N. The normalized spacial score (nSPS) is 12.2. The molecule has 2 aromatic carbocycles. The molecule has 0 atom stereocenters. The van der Waals surface area contributed by atoms with Gasteiger partial charge < -0.3 is 5.32 Å². The second-order valence-electron chi connectivity index (χ2n) is 5.65. The van der Waals surface area contributed by atoms with E-state index < -0.39 is 11.7 Å². The fourth-order valence-corrected chi connectivity index (χ4v) is 2.19. The summed E-state index contributed by atoms with van der Waals surface area (Å²) in [5, 5.41) is 2.94. The molecule has 0 bridgehead atoms. The van der Waals surface area contributed by atoms with Gasteiger partial charge >= 0.3 is 6.18 Å². The Labute approximate surface area is 122 Å². The molecule has 2 rings (SSSR count). The lowest BCUT2D eigenvalue weighted by atomic mass is 9.84. The first-order valence-electron chi connectivity index (χ1n) is 6.76. The fourth-order valence-electron chi connectivity index (χ4n) is 2.19. The molecule has 0 aliphatic rings. The van der Waals surface area contributed by atoms with Crippen molar-refractivity contribution in [2.75, 3.05) is 11.9 Å². The van der Waals surface area contributed by atoms with Crippen molar-refractivity contribution < 1.29 is 13.2 Å². The van der Waals surface area contributed by atoms with Crippen molar-refractivity contribution in [2.45, 2.75) is 25.4 Å². The Bertz CT molecular complexity index is 588. The van der Waals surface area contributed by atoms with Crippen LogP contribution in [0, 0.1) is 0 Å². The number of halogens is 3. The summed E-state index contributed by atoms with van der Waals surface area (Å²) in [6.07, 6.45) is -4.35. The first-order chi connectivity index (χ1) is 9.81. The van der Waals surface area contributed by atoms with Crippen LogP contribution in [0.25, 0.3) is 0 Å². The highest BCUT2D eigenvalue weighted by atomic mass is 19.4. The number of benzene rings is 2. The van der Waals surface area contributed by atoms with Gasteiger partial charge in [-0.25, -0.2) is 0 Å². The van der Waals surface area contributed by atoms with E-state index in [0.29, 0.717) is 6.54 Å². The van der Waals surface area contributed by atoms with Gasteiger partial charge in [-0.05, 0) is 17.7 Å². The molecule has 4 heteroatoms. The standard InChI is InChI=1S/C17H18F3N/c1-16(2,13-8-4-3-5-9-13)12-21-15-11-7-6-10-14(15)17(18,19)20/h3-11,21H,12H2,1-2H3. The molecule has 112 valence electrons. The highest BCUT2D eigenvalue weighted by Gasteiger charge is 2.33. The Morgan fingerprint density at radius 2 is 1.43 bits per heavy atom. The number of hydrogen-bond donors (Lipinski definition) is 1. The van der Waals surface area contributed by atoms with Crippen molar-refractivity contribution in [3.63, 3.8) is 0 Å². The molecule has 0 saturated heterocycles. The maximum Gasteiger partial charge on any atom is 0.418 e. The number of para-hydroxylation sites is 1. The summed E-state index contributed by atoms with van der Waals surface area (Å²) in [6.45, 7) is 4.43. The number of nitrogens with one attached hydrogen (secondary N) is 1. The molecule has 0 aliphatic carbocycles. The van der Waals surface area contributed by atoms with Gasteiger partial charge in [0.15, 0.2) is 0 Å². The molecule has 0 saturated carbocycles. The van der Waals surface area contributed by atoms with Crippen molar-refractivity contribution in [1.29, 1.82) is 0 Å². The molecule has 0 heterocycles. The third-order valence-electron chi connectivity index (χ3n) is 3.51. The summed E-state index contributed by atoms with van der Waals surface area (Å²) in [5.74, 6) is 0. The van der Waals surface area contributed by atoms with Crippen LogP contribution in [0.4, 0.5) is 18.9 Å². The quantitative estimate of drug-likeness (QED) is 0.827. The van der Waals surface area contributed by atoms with Crippen LogP contribution in [0.1, 0.15) is 25.0 Å². The summed E-state index contributed by atoms with van der Waals surface area (Å²) >= 11 is 0. The minimum atomic E-state index is -4.35. The van der Waals surface area contributed by atoms with Crippen LogP contribution in [0.2, 0.25) is 0 Å². The Balaban J connectivity index is 2.17. The summed E-state index contributed by atoms with van der Waals surface area (Å²) in [7, 11) is 0. The van der Waals surface area contributed by atoms with E-state index in [1.807, 2.05) is 44.2 Å². The second-order valence-corrected chi connectivity index (χ2v) is 5.65. The highest BCUT2D eigenvalue weighted by Crippen LogP contribution is 2.35. The van der Waals surface area contributed by atoms with Crippen LogP contribution in [-0.4, -0.2) is 6.54 Å². The van der Waals surface area contributed by atoms with Crippen LogP contribution in [0.15, 0.2) is 54.6 Å². The van der Waals surface area contributed by atoms with Crippen LogP contribution in [-0.2, 0) is 11.6 Å². The van der Waals surface area contributed by atoms with E-state index in [1.54, 1.807) is 6.07 Å². The minimum Gasteiger partial charge on any atom is -0.384 e. The molecule has 0 aliphatic heterocycles. The first-order valence-corrected chi connectivity index (χ1v) is 6.76. The summed E-state index contributed by atoms with van der Waals surface area (Å²) in [4.78, 5) is 0. The van der Waals surface area contributed by atoms with Gasteiger partial charge in [0, 0.05) is 17.6 Å². The molecule has 0 amide bonds. The molecule has 0 radical (unpaired) electrons. The largest absolute Gasteiger partial charge is 0.418 e. The van der Waals surface area contributed by atoms with Gasteiger partial charge in [0.1, 0.15) is 0 Å². The van der Waals surface area contributed by atoms with Crippen molar-refractivity contribution in [1.82, 2.24) is 0 Å². The van der Waals surface area contributed by atoms with Gasteiger partial charge in [-0.3, -0.25) is 0 Å². The van der Waals surface area contributed by atoms with Crippen LogP contribution < -0.4 is 5.32 Å². The topological polar surface area (TPSA) is 12.0 Å². The monoisotopic (exact) mass is 293 g/mol. The van der Waals surface area contributed by atoms with E-state index in [-0.39, 0.29) is 11.1 Å². The van der Waals surface area contributed by atoms with Gasteiger partial charge in [0.2, 0.25) is 0 Å². The van der Waals surface area contributed by atoms with E-state index in [4.69, 9.17) is 0 Å². The highest BCUT2D eigenvalue weighted by molar-refractivity contribution is 5.53. The molecular weight excluding hydrogens is 275 g/mol. The number of anilines is 1. The van der Waals surface area contributed by atoms with Gasteiger partial charge in [0.25, 0.3) is 0 Å². The lowest BCUT2D eigenvalue weighted by Gasteiger charge is -2.27. The molecule has 1 nitrogen and oxygen atoms in total. The van der Waals surface area contributed by atoms with E-state index in [1.165, 1.54) is 12.1 Å². The molecule has 1 N–H and O–H groups in total. The summed E-state index contributed by atoms with van der Waals surface area (Å²) in [6, 6.07) is 15.3. The third kappa shape index (κ3) is 3.78. The van der Waals surface area contributed by atoms with Gasteiger partial charge in [-0.2, -0.15) is 13.2 Å². The van der Waals surface area contributed by atoms with E-state index >= 15 is 0 Å². The zero-order valence-electron chi connectivity index (χ0n) is 12.0. The van der Waals surface area contributed by atoms with Crippen LogP contribution in [0.3, 0.4) is 0 Å². The third-order valence-corrected chi connectivity index (χ3v) is 3.51. The maximum atomic E-state index is 13.0. The van der Waals surface area contributed by atoms with Gasteiger partial charge in [-0.1, -0.05) is 56.3 Å². The minimum absolute atomic E-state index is 0.119. The Morgan fingerprint density at radius 1 is 0.857 bits per heavy atom. The van der Waals surface area contributed by atoms with Crippen molar-refractivity contribution >= 4 is 5.69 Å². The summed E-state index contributed by atoms with van der Waals surface area (Å²) < 4.78 is 38.9. The van der Waals surface area contributed by atoms with E-state index in [2.05, 4.69) is 5.32 Å². The van der Waals surface area contributed by atoms with E-state index in [0.717, 1.165) is 11.6 Å². The molecule has 2 aromatic rings. The Hall–Kier alpha value is -1.97. The molecule has 0 spiro atoms. The Morgan fingerprint density at radius 3 is 2.05 bits per heavy atom. The number of alkyl halides is 3. The Kier molecular flexibility index (Phi) is 4.26. The second kappa shape index (κ2) is 5.80. The number of hydrogen-bond acceptors (Lipinski definition) is 1. The fraction of sp³-hybridized carbons (Fsp3) is 0.294. The average molecular weight is 293 g/mol. The van der Waals surface area contributed by atoms with Crippen LogP contribution >= 0.6 is 0 Å². The van der Waals surface area contributed by atoms with Gasteiger partial charge in [0.05, 0.1) is 5.56 Å². The SMILES string of the molecule is CC(C)(CNc1ccccc1C(F)(F)F)c1ccccc1. The maximum absolute atomic E-state index is 13.0. The predicted molar refractivity (Wildman–Crippen MR) is 79.4 cm³/mol. The van der Waals surface area contributed by atoms with E-state index in [9.17, 15) is 13.2 Å². The van der Waals surface area contributed by atoms with Crippen LogP contribution in [0.5, 0.6) is 0 Å².